The number of nitrogens with one attached hydrogen (secondary N) is 3. The van der Waals surface area contributed by atoms with Crippen molar-refractivity contribution in [2.45, 2.75) is 38.6 Å². The van der Waals surface area contributed by atoms with Crippen LogP contribution in [-0.2, 0) is 4.79 Å². The van der Waals surface area contributed by atoms with Gasteiger partial charge in [-0.1, -0.05) is 18.3 Å². The summed E-state index contributed by atoms with van der Waals surface area (Å²) in [5, 5.41) is 9.31. The Balaban J connectivity index is 1.76. The number of nitrogens with zero attached hydrogens (tertiary/aromatic N) is 1. The van der Waals surface area contributed by atoms with Crippen LogP contribution >= 0.6 is 11.3 Å². The lowest BCUT2D eigenvalue weighted by Crippen LogP contribution is -2.31. The number of thiazole rings is 1. The number of hydrogen-bond acceptors (Lipinski definition) is 6. The molecule has 7 nitrogen and oxygen atoms in total. The van der Waals surface area contributed by atoms with Crippen molar-refractivity contribution in [2.75, 3.05) is 24.1 Å². The van der Waals surface area contributed by atoms with E-state index in [-0.39, 0.29) is 24.1 Å². The molecule has 0 atom stereocenters. The van der Waals surface area contributed by atoms with E-state index in [4.69, 9.17) is 5.73 Å². The SMILES string of the molecule is CCCNc1nc(N)c(C(=O)NCCC(=O)NC2CC2)s1. The smallest absolute Gasteiger partial charge is 0.265 e. The van der Waals surface area contributed by atoms with Crippen LogP contribution in [0.3, 0.4) is 0 Å². The van der Waals surface area contributed by atoms with Gasteiger partial charge in [0, 0.05) is 25.6 Å². The van der Waals surface area contributed by atoms with E-state index in [2.05, 4.69) is 20.9 Å². The second kappa shape index (κ2) is 7.26. The molecule has 0 bridgehead atoms. The molecular formula is C13H21N5O2S. The Hall–Kier alpha value is -1.83. The maximum atomic E-state index is 12.0. The summed E-state index contributed by atoms with van der Waals surface area (Å²) in [5.41, 5.74) is 5.74. The number of aromatic nitrogens is 1. The van der Waals surface area contributed by atoms with Gasteiger partial charge in [-0.05, 0) is 19.3 Å². The van der Waals surface area contributed by atoms with E-state index in [9.17, 15) is 9.59 Å². The number of carbonyl (C=O) groups excluding carboxylic acids is 2. The molecule has 0 radical (unpaired) electrons. The van der Waals surface area contributed by atoms with Gasteiger partial charge in [0.25, 0.3) is 5.91 Å². The van der Waals surface area contributed by atoms with Gasteiger partial charge >= 0.3 is 0 Å². The number of amides is 2. The molecule has 0 unspecified atom stereocenters. The molecule has 2 rings (SSSR count). The molecule has 1 heterocycles. The summed E-state index contributed by atoms with van der Waals surface area (Å²) in [6.07, 6.45) is 3.37. The Bertz CT molecular complexity index is 513. The van der Waals surface area contributed by atoms with Gasteiger partial charge in [0.1, 0.15) is 10.7 Å². The van der Waals surface area contributed by atoms with Gasteiger partial charge in [-0.15, -0.1) is 0 Å². The largest absolute Gasteiger partial charge is 0.382 e. The van der Waals surface area contributed by atoms with Crippen molar-refractivity contribution in [1.82, 2.24) is 15.6 Å². The summed E-state index contributed by atoms with van der Waals surface area (Å²) in [6.45, 7) is 3.13. The van der Waals surface area contributed by atoms with E-state index < -0.39 is 0 Å². The minimum absolute atomic E-state index is 0.0274. The van der Waals surface area contributed by atoms with Crippen molar-refractivity contribution in [3.63, 3.8) is 0 Å². The molecule has 0 saturated heterocycles. The van der Waals surface area contributed by atoms with Gasteiger partial charge in [-0.3, -0.25) is 9.59 Å². The fourth-order valence-electron chi connectivity index (χ4n) is 1.70. The van der Waals surface area contributed by atoms with Crippen LogP contribution in [0, 0.1) is 0 Å². The van der Waals surface area contributed by atoms with E-state index in [1.165, 1.54) is 11.3 Å². The zero-order valence-corrected chi connectivity index (χ0v) is 12.9. The highest BCUT2D eigenvalue weighted by atomic mass is 32.1. The summed E-state index contributed by atoms with van der Waals surface area (Å²) >= 11 is 1.23. The maximum absolute atomic E-state index is 12.0. The van der Waals surface area contributed by atoms with Crippen molar-refractivity contribution in [1.29, 1.82) is 0 Å². The van der Waals surface area contributed by atoms with Crippen molar-refractivity contribution < 1.29 is 9.59 Å². The second-order valence-corrected chi connectivity index (χ2v) is 6.01. The molecule has 0 aromatic carbocycles. The first kappa shape index (κ1) is 15.6. The van der Waals surface area contributed by atoms with Gasteiger partial charge in [-0.2, -0.15) is 0 Å². The standard InChI is InChI=1S/C13H21N5O2S/c1-2-6-16-13-18-11(14)10(21-13)12(20)15-7-5-9(19)17-8-3-4-8/h8H,2-7,14H2,1H3,(H,15,20)(H,16,18)(H,17,19). The van der Waals surface area contributed by atoms with Crippen molar-refractivity contribution in [3.05, 3.63) is 4.88 Å². The molecule has 21 heavy (non-hydrogen) atoms. The molecule has 5 N–H and O–H groups in total. The van der Waals surface area contributed by atoms with Gasteiger partial charge in [0.05, 0.1) is 0 Å². The Kier molecular flexibility index (Phi) is 5.38. The van der Waals surface area contributed by atoms with Crippen LogP contribution in [0.5, 0.6) is 0 Å². The van der Waals surface area contributed by atoms with Gasteiger partial charge < -0.3 is 21.7 Å². The normalized spacial score (nSPS) is 13.8. The molecule has 8 heteroatoms. The Morgan fingerprint density at radius 2 is 2.14 bits per heavy atom. The van der Waals surface area contributed by atoms with E-state index in [0.717, 1.165) is 25.8 Å². The Morgan fingerprint density at radius 1 is 1.38 bits per heavy atom. The molecule has 1 aliphatic rings. The van der Waals surface area contributed by atoms with E-state index in [0.29, 0.717) is 22.6 Å². The van der Waals surface area contributed by atoms with Crippen LogP contribution in [0.25, 0.3) is 0 Å². The predicted octanol–water partition coefficient (Wildman–Crippen LogP) is 0.946. The summed E-state index contributed by atoms with van der Waals surface area (Å²) < 4.78 is 0. The van der Waals surface area contributed by atoms with Crippen LogP contribution < -0.4 is 21.7 Å². The molecule has 0 spiro atoms. The fraction of sp³-hybridized carbons (Fsp3) is 0.615. The predicted molar refractivity (Wildman–Crippen MR) is 83.4 cm³/mol. The fourth-order valence-corrected chi connectivity index (χ4v) is 2.53. The zero-order valence-electron chi connectivity index (χ0n) is 12.1. The number of anilines is 2. The van der Waals surface area contributed by atoms with Crippen LogP contribution in [0.1, 0.15) is 42.3 Å². The first-order valence-corrected chi connectivity index (χ1v) is 7.99. The zero-order chi connectivity index (χ0) is 15.2. The lowest BCUT2D eigenvalue weighted by molar-refractivity contribution is -0.121. The average Bonchev–Trinajstić information content (AvgIpc) is 3.17. The van der Waals surface area contributed by atoms with Crippen LogP contribution in [0.4, 0.5) is 10.9 Å². The van der Waals surface area contributed by atoms with Gasteiger partial charge in [0.15, 0.2) is 5.13 Å². The minimum Gasteiger partial charge on any atom is -0.382 e. The molecule has 0 aliphatic heterocycles. The molecule has 2 amide bonds. The molecule has 116 valence electrons. The third-order valence-corrected chi connectivity index (χ3v) is 3.99. The lowest BCUT2D eigenvalue weighted by atomic mass is 10.3. The number of nitrogens with two attached hydrogens (primary N) is 1. The third kappa shape index (κ3) is 4.89. The molecule has 1 saturated carbocycles. The third-order valence-electron chi connectivity index (χ3n) is 2.97. The summed E-state index contributed by atoms with van der Waals surface area (Å²) in [4.78, 5) is 28.0. The number of hydrogen-bond donors (Lipinski definition) is 4. The quantitative estimate of drug-likeness (QED) is 0.571. The number of rotatable bonds is 8. The van der Waals surface area contributed by atoms with Crippen molar-refractivity contribution >= 4 is 34.1 Å². The highest BCUT2D eigenvalue weighted by molar-refractivity contribution is 7.18. The Morgan fingerprint density at radius 3 is 2.81 bits per heavy atom. The summed E-state index contributed by atoms with van der Waals surface area (Å²) in [6, 6.07) is 0.345. The molecule has 1 aromatic heterocycles. The van der Waals surface area contributed by atoms with Crippen molar-refractivity contribution in [3.8, 4) is 0 Å². The van der Waals surface area contributed by atoms with E-state index >= 15 is 0 Å². The van der Waals surface area contributed by atoms with Crippen LogP contribution in [-0.4, -0.2) is 35.9 Å². The van der Waals surface area contributed by atoms with E-state index in [1.807, 2.05) is 6.92 Å². The number of carbonyl (C=O) groups is 2. The number of nitrogen functional groups attached to an aromatic ring is 1. The van der Waals surface area contributed by atoms with Gasteiger partial charge in [-0.25, -0.2) is 4.98 Å². The maximum Gasteiger partial charge on any atom is 0.265 e. The summed E-state index contributed by atoms with van der Waals surface area (Å²) in [7, 11) is 0. The molecule has 1 aromatic rings. The minimum atomic E-state index is -0.284. The highest BCUT2D eigenvalue weighted by Gasteiger charge is 2.23. The van der Waals surface area contributed by atoms with Gasteiger partial charge in [0.2, 0.25) is 5.91 Å². The molecule has 1 fully saturated rings. The first-order valence-electron chi connectivity index (χ1n) is 7.18. The van der Waals surface area contributed by atoms with E-state index in [1.54, 1.807) is 0 Å². The molecular weight excluding hydrogens is 290 g/mol. The topological polar surface area (TPSA) is 109 Å². The average molecular weight is 311 g/mol. The first-order chi connectivity index (χ1) is 10.1. The summed E-state index contributed by atoms with van der Waals surface area (Å²) in [5.74, 6) is -0.0901. The van der Waals surface area contributed by atoms with Crippen molar-refractivity contribution in [2.24, 2.45) is 0 Å². The molecule has 1 aliphatic carbocycles. The second-order valence-electron chi connectivity index (χ2n) is 5.01. The Labute approximate surface area is 127 Å². The lowest BCUT2D eigenvalue weighted by Gasteiger charge is -2.04. The van der Waals surface area contributed by atoms with Crippen LogP contribution in [0.15, 0.2) is 0 Å². The highest BCUT2D eigenvalue weighted by Crippen LogP contribution is 2.24. The monoisotopic (exact) mass is 311 g/mol. The van der Waals surface area contributed by atoms with Crippen LogP contribution in [0.2, 0.25) is 0 Å².